The molecular formula is C19H15ClFNO. The first kappa shape index (κ1) is 15.4. The SMILES string of the molecule is Nc1cc(OCc2ccccc2)ccc1-c1ccc(Cl)cc1F. The van der Waals surface area contributed by atoms with Crippen molar-refractivity contribution in [1.29, 1.82) is 0 Å². The van der Waals surface area contributed by atoms with E-state index in [4.69, 9.17) is 22.1 Å². The van der Waals surface area contributed by atoms with E-state index in [0.29, 0.717) is 34.2 Å². The molecule has 116 valence electrons. The standard InChI is InChI=1S/C19H15ClFNO/c20-14-6-8-16(18(21)10-14)17-9-7-15(11-19(17)22)23-12-13-4-2-1-3-5-13/h1-11H,12,22H2. The number of nitrogen functional groups attached to an aromatic ring is 1. The van der Waals surface area contributed by atoms with E-state index in [0.717, 1.165) is 5.56 Å². The first-order chi connectivity index (χ1) is 11.1. The van der Waals surface area contributed by atoms with E-state index in [1.165, 1.54) is 6.07 Å². The highest BCUT2D eigenvalue weighted by Gasteiger charge is 2.10. The summed E-state index contributed by atoms with van der Waals surface area (Å²) in [6, 6.07) is 19.6. The highest BCUT2D eigenvalue weighted by atomic mass is 35.5. The fourth-order valence-electron chi connectivity index (χ4n) is 2.32. The minimum absolute atomic E-state index is 0.354. The Morgan fingerprint density at radius 2 is 1.65 bits per heavy atom. The van der Waals surface area contributed by atoms with Gasteiger partial charge >= 0.3 is 0 Å². The predicted octanol–water partition coefficient (Wildman–Crippen LogP) is 5.31. The molecule has 0 aromatic heterocycles. The molecule has 2 nitrogen and oxygen atoms in total. The number of hydrogen-bond acceptors (Lipinski definition) is 2. The minimum Gasteiger partial charge on any atom is -0.489 e. The number of anilines is 1. The molecule has 0 bridgehead atoms. The Bertz CT molecular complexity index is 821. The maximum atomic E-state index is 14.0. The van der Waals surface area contributed by atoms with Crippen molar-refractivity contribution in [3.05, 3.63) is 83.1 Å². The number of rotatable bonds is 4. The first-order valence-electron chi connectivity index (χ1n) is 7.15. The van der Waals surface area contributed by atoms with Crippen molar-refractivity contribution < 1.29 is 9.13 Å². The average Bonchev–Trinajstić information content (AvgIpc) is 2.55. The van der Waals surface area contributed by atoms with Crippen LogP contribution in [0.3, 0.4) is 0 Å². The van der Waals surface area contributed by atoms with Gasteiger partial charge in [0.15, 0.2) is 0 Å². The summed E-state index contributed by atoms with van der Waals surface area (Å²) in [5.74, 6) is 0.242. The first-order valence-corrected chi connectivity index (χ1v) is 7.53. The minimum atomic E-state index is -0.401. The summed E-state index contributed by atoms with van der Waals surface area (Å²) in [5.41, 5.74) is 8.61. The van der Waals surface area contributed by atoms with Crippen molar-refractivity contribution in [2.75, 3.05) is 5.73 Å². The van der Waals surface area contributed by atoms with Gasteiger partial charge in [0.05, 0.1) is 0 Å². The Balaban J connectivity index is 1.80. The van der Waals surface area contributed by atoms with Crippen LogP contribution in [0.2, 0.25) is 5.02 Å². The largest absolute Gasteiger partial charge is 0.489 e. The molecule has 0 saturated carbocycles. The molecule has 0 radical (unpaired) electrons. The van der Waals surface area contributed by atoms with E-state index >= 15 is 0 Å². The summed E-state index contributed by atoms with van der Waals surface area (Å²) in [7, 11) is 0. The van der Waals surface area contributed by atoms with Crippen LogP contribution in [0.4, 0.5) is 10.1 Å². The van der Waals surface area contributed by atoms with Crippen LogP contribution in [-0.4, -0.2) is 0 Å². The molecule has 3 aromatic rings. The van der Waals surface area contributed by atoms with Crippen molar-refractivity contribution in [2.24, 2.45) is 0 Å². The highest BCUT2D eigenvalue weighted by molar-refractivity contribution is 6.30. The van der Waals surface area contributed by atoms with Gasteiger partial charge in [-0.1, -0.05) is 41.9 Å². The molecule has 0 amide bonds. The van der Waals surface area contributed by atoms with Crippen LogP contribution in [0.5, 0.6) is 5.75 Å². The Hall–Kier alpha value is -2.52. The van der Waals surface area contributed by atoms with Crippen LogP contribution in [0.1, 0.15) is 5.56 Å². The van der Waals surface area contributed by atoms with E-state index in [9.17, 15) is 4.39 Å². The molecule has 3 aromatic carbocycles. The van der Waals surface area contributed by atoms with Crippen LogP contribution in [0.15, 0.2) is 66.7 Å². The zero-order valence-corrected chi connectivity index (χ0v) is 13.1. The topological polar surface area (TPSA) is 35.2 Å². The number of benzene rings is 3. The van der Waals surface area contributed by atoms with E-state index in [-0.39, 0.29) is 0 Å². The van der Waals surface area contributed by atoms with E-state index in [2.05, 4.69) is 0 Å². The number of ether oxygens (including phenoxy) is 1. The maximum Gasteiger partial charge on any atom is 0.132 e. The van der Waals surface area contributed by atoms with Gasteiger partial charge in [-0.2, -0.15) is 0 Å². The van der Waals surface area contributed by atoms with Gasteiger partial charge in [-0.05, 0) is 35.9 Å². The highest BCUT2D eigenvalue weighted by Crippen LogP contribution is 2.32. The van der Waals surface area contributed by atoms with Gasteiger partial charge in [-0.25, -0.2) is 4.39 Å². The monoisotopic (exact) mass is 327 g/mol. The van der Waals surface area contributed by atoms with Crippen LogP contribution < -0.4 is 10.5 Å². The molecule has 4 heteroatoms. The van der Waals surface area contributed by atoms with Crippen LogP contribution in [0, 0.1) is 5.82 Å². The van der Waals surface area contributed by atoms with Crippen LogP contribution in [0.25, 0.3) is 11.1 Å². The second-order valence-electron chi connectivity index (χ2n) is 5.15. The Kier molecular flexibility index (Phi) is 4.49. The van der Waals surface area contributed by atoms with Gasteiger partial charge in [0.2, 0.25) is 0 Å². The molecule has 0 unspecified atom stereocenters. The molecule has 0 aliphatic heterocycles. The van der Waals surface area contributed by atoms with Gasteiger partial charge in [-0.15, -0.1) is 0 Å². The summed E-state index contributed by atoms with van der Waals surface area (Å²) in [6.45, 7) is 0.453. The summed E-state index contributed by atoms with van der Waals surface area (Å²) >= 11 is 5.78. The zero-order valence-electron chi connectivity index (χ0n) is 12.3. The summed E-state index contributed by atoms with van der Waals surface area (Å²) in [5, 5.41) is 0.354. The van der Waals surface area contributed by atoms with Crippen molar-refractivity contribution in [2.45, 2.75) is 6.61 Å². The second-order valence-corrected chi connectivity index (χ2v) is 5.58. The molecule has 0 aliphatic rings. The third-order valence-corrected chi connectivity index (χ3v) is 3.73. The molecular weight excluding hydrogens is 313 g/mol. The van der Waals surface area contributed by atoms with E-state index in [1.807, 2.05) is 30.3 Å². The molecule has 0 heterocycles. The fourth-order valence-corrected chi connectivity index (χ4v) is 2.48. The predicted molar refractivity (Wildman–Crippen MR) is 92.0 cm³/mol. The number of halogens is 2. The molecule has 2 N–H and O–H groups in total. The molecule has 0 saturated heterocycles. The number of nitrogens with two attached hydrogens (primary N) is 1. The molecule has 0 atom stereocenters. The zero-order chi connectivity index (χ0) is 16.2. The van der Waals surface area contributed by atoms with Crippen molar-refractivity contribution in [1.82, 2.24) is 0 Å². The van der Waals surface area contributed by atoms with Gasteiger partial charge in [0.25, 0.3) is 0 Å². The lowest BCUT2D eigenvalue weighted by Gasteiger charge is -2.11. The second kappa shape index (κ2) is 6.71. The lowest BCUT2D eigenvalue weighted by molar-refractivity contribution is 0.306. The lowest BCUT2D eigenvalue weighted by atomic mass is 10.0. The van der Waals surface area contributed by atoms with Gasteiger partial charge in [-0.3, -0.25) is 0 Å². The summed E-state index contributed by atoms with van der Waals surface area (Å²) in [6.07, 6.45) is 0. The molecule has 23 heavy (non-hydrogen) atoms. The third-order valence-electron chi connectivity index (χ3n) is 3.49. The Morgan fingerprint density at radius 1 is 0.913 bits per heavy atom. The smallest absolute Gasteiger partial charge is 0.132 e. The van der Waals surface area contributed by atoms with Crippen molar-refractivity contribution in [3.63, 3.8) is 0 Å². The summed E-state index contributed by atoms with van der Waals surface area (Å²) < 4.78 is 19.7. The van der Waals surface area contributed by atoms with E-state index < -0.39 is 5.82 Å². The molecule has 3 rings (SSSR count). The third kappa shape index (κ3) is 3.63. The van der Waals surface area contributed by atoms with Gasteiger partial charge < -0.3 is 10.5 Å². The molecule has 0 spiro atoms. The molecule has 0 aliphatic carbocycles. The fraction of sp³-hybridized carbons (Fsp3) is 0.0526. The normalized spacial score (nSPS) is 10.5. The molecule has 0 fully saturated rings. The Morgan fingerprint density at radius 3 is 2.35 bits per heavy atom. The van der Waals surface area contributed by atoms with Crippen molar-refractivity contribution >= 4 is 17.3 Å². The average molecular weight is 328 g/mol. The van der Waals surface area contributed by atoms with Gasteiger partial charge in [0.1, 0.15) is 18.2 Å². The lowest BCUT2D eigenvalue weighted by Crippen LogP contribution is -1.97. The van der Waals surface area contributed by atoms with E-state index in [1.54, 1.807) is 30.3 Å². The van der Waals surface area contributed by atoms with Crippen LogP contribution in [-0.2, 0) is 6.61 Å². The summed E-state index contributed by atoms with van der Waals surface area (Å²) in [4.78, 5) is 0. The van der Waals surface area contributed by atoms with Gasteiger partial charge in [0, 0.05) is 27.9 Å². The maximum absolute atomic E-state index is 14.0. The van der Waals surface area contributed by atoms with Crippen LogP contribution >= 0.6 is 11.6 Å². The Labute approximate surface area is 139 Å². The van der Waals surface area contributed by atoms with Crippen molar-refractivity contribution in [3.8, 4) is 16.9 Å². The quantitative estimate of drug-likeness (QED) is 0.659. The number of hydrogen-bond donors (Lipinski definition) is 1.